The maximum atomic E-state index is 12.9. The van der Waals surface area contributed by atoms with Gasteiger partial charge in [0.2, 0.25) is 16.0 Å². The predicted molar refractivity (Wildman–Crippen MR) is 101 cm³/mol. The maximum Gasteiger partial charge on any atom is 0.419 e. The van der Waals surface area contributed by atoms with Crippen LogP contribution in [0.1, 0.15) is 16.7 Å². The number of hydrogen-bond acceptors (Lipinski definition) is 6. The molecule has 2 heterocycles. The molecule has 1 aromatic carbocycles. The number of benzene rings is 1. The van der Waals surface area contributed by atoms with Crippen molar-refractivity contribution in [2.24, 2.45) is 0 Å². The van der Waals surface area contributed by atoms with Crippen molar-refractivity contribution >= 4 is 21.9 Å². The first kappa shape index (κ1) is 22.0. The third kappa shape index (κ3) is 4.70. The number of rotatable bonds is 5. The Labute approximate surface area is 171 Å². The van der Waals surface area contributed by atoms with Gasteiger partial charge in [-0.25, -0.2) is 18.4 Å². The second-order valence-electron chi connectivity index (χ2n) is 6.82. The van der Waals surface area contributed by atoms with Crippen LogP contribution in [0.25, 0.3) is 0 Å². The fraction of sp³-hybridized carbons (Fsp3) is 0.389. The molecule has 0 amide bonds. The van der Waals surface area contributed by atoms with Gasteiger partial charge in [0.15, 0.2) is 0 Å². The lowest BCUT2D eigenvalue weighted by atomic mass is 10.1. The first-order valence-corrected chi connectivity index (χ1v) is 10.4. The standard InChI is InChI=1S/C18H19F3N4O4S/c1-12-2-3-15(8-13(12)9-16(26)27)30(28,29)25-6-4-24(5-7-25)17-22-10-14(11-23-17)18(19,20)21/h2-3,8,10-11H,4-7,9H2,1H3,(H,26,27). The summed E-state index contributed by atoms with van der Waals surface area (Å²) < 4.78 is 65.0. The minimum atomic E-state index is -4.53. The Balaban J connectivity index is 1.72. The second kappa shape index (κ2) is 8.19. The highest BCUT2D eigenvalue weighted by Crippen LogP contribution is 2.28. The first-order chi connectivity index (χ1) is 14.0. The number of nitrogens with zero attached hydrogens (tertiary/aromatic N) is 4. The lowest BCUT2D eigenvalue weighted by Crippen LogP contribution is -2.49. The molecule has 0 spiro atoms. The number of anilines is 1. The summed E-state index contributed by atoms with van der Waals surface area (Å²) in [6.45, 7) is 2.30. The molecule has 2 aromatic rings. The van der Waals surface area contributed by atoms with Gasteiger partial charge < -0.3 is 10.0 Å². The summed E-state index contributed by atoms with van der Waals surface area (Å²) in [6, 6.07) is 4.36. The molecule has 1 aliphatic heterocycles. The maximum absolute atomic E-state index is 12.9. The van der Waals surface area contributed by atoms with E-state index in [2.05, 4.69) is 9.97 Å². The van der Waals surface area contributed by atoms with Crippen molar-refractivity contribution in [3.63, 3.8) is 0 Å². The zero-order chi connectivity index (χ0) is 22.1. The minimum Gasteiger partial charge on any atom is -0.481 e. The van der Waals surface area contributed by atoms with E-state index in [0.717, 1.165) is 0 Å². The lowest BCUT2D eigenvalue weighted by molar-refractivity contribution is -0.138. The molecular weight excluding hydrogens is 425 g/mol. The van der Waals surface area contributed by atoms with Gasteiger partial charge in [-0.15, -0.1) is 0 Å². The normalized spacial score (nSPS) is 15.9. The van der Waals surface area contributed by atoms with E-state index in [0.29, 0.717) is 23.5 Å². The number of aryl methyl sites for hydroxylation is 1. The van der Waals surface area contributed by atoms with E-state index in [1.54, 1.807) is 17.9 Å². The molecule has 1 fully saturated rings. The van der Waals surface area contributed by atoms with E-state index in [4.69, 9.17) is 5.11 Å². The van der Waals surface area contributed by atoms with Gasteiger partial charge in [0.05, 0.1) is 16.9 Å². The SMILES string of the molecule is Cc1ccc(S(=O)(=O)N2CCN(c3ncc(C(F)(F)F)cn3)CC2)cc1CC(=O)O. The zero-order valence-electron chi connectivity index (χ0n) is 15.9. The zero-order valence-corrected chi connectivity index (χ0v) is 16.7. The number of sulfonamides is 1. The molecule has 1 N–H and O–H groups in total. The minimum absolute atomic E-state index is 0.00331. The Kier molecular flexibility index (Phi) is 5.99. The Morgan fingerprint density at radius 1 is 1.13 bits per heavy atom. The van der Waals surface area contributed by atoms with Crippen molar-refractivity contribution in [3.05, 3.63) is 47.3 Å². The smallest absolute Gasteiger partial charge is 0.419 e. The lowest BCUT2D eigenvalue weighted by Gasteiger charge is -2.34. The molecule has 1 saturated heterocycles. The predicted octanol–water partition coefficient (Wildman–Crippen LogP) is 1.94. The number of alkyl halides is 3. The van der Waals surface area contributed by atoms with Crippen LogP contribution in [0.3, 0.4) is 0 Å². The summed E-state index contributed by atoms with van der Waals surface area (Å²) in [6.07, 6.45) is -3.42. The van der Waals surface area contributed by atoms with Crippen LogP contribution >= 0.6 is 0 Å². The van der Waals surface area contributed by atoms with Crippen LogP contribution in [0.2, 0.25) is 0 Å². The van der Waals surface area contributed by atoms with Crippen LogP contribution in [0.4, 0.5) is 19.1 Å². The quantitative estimate of drug-likeness (QED) is 0.752. The number of carboxylic acid groups (broad SMARTS) is 1. The number of carbonyl (C=O) groups is 1. The molecule has 30 heavy (non-hydrogen) atoms. The highest BCUT2D eigenvalue weighted by molar-refractivity contribution is 7.89. The van der Waals surface area contributed by atoms with E-state index in [1.165, 1.54) is 16.4 Å². The van der Waals surface area contributed by atoms with Gasteiger partial charge in [-0.05, 0) is 30.2 Å². The van der Waals surface area contributed by atoms with Gasteiger partial charge in [-0.1, -0.05) is 6.07 Å². The molecule has 0 bridgehead atoms. The summed E-state index contributed by atoms with van der Waals surface area (Å²) in [7, 11) is -3.84. The van der Waals surface area contributed by atoms with Gasteiger partial charge >= 0.3 is 12.1 Å². The molecule has 8 nitrogen and oxygen atoms in total. The van der Waals surface area contributed by atoms with Gasteiger partial charge in [0.25, 0.3) is 0 Å². The molecule has 0 atom stereocenters. The summed E-state index contributed by atoms with van der Waals surface area (Å²) >= 11 is 0. The van der Waals surface area contributed by atoms with Crippen molar-refractivity contribution in [1.29, 1.82) is 0 Å². The Bertz CT molecular complexity index is 1030. The molecule has 12 heteroatoms. The number of piperazine rings is 1. The van der Waals surface area contributed by atoms with E-state index in [-0.39, 0.29) is 43.4 Å². The average Bonchev–Trinajstić information content (AvgIpc) is 2.69. The third-order valence-corrected chi connectivity index (χ3v) is 6.68. The molecule has 3 rings (SSSR count). The van der Waals surface area contributed by atoms with Crippen LogP contribution in [0.15, 0.2) is 35.5 Å². The van der Waals surface area contributed by atoms with Crippen molar-refractivity contribution in [2.75, 3.05) is 31.1 Å². The van der Waals surface area contributed by atoms with Gasteiger partial charge in [0, 0.05) is 38.6 Å². The molecule has 1 aromatic heterocycles. The Morgan fingerprint density at radius 2 is 1.73 bits per heavy atom. The molecule has 0 unspecified atom stereocenters. The highest BCUT2D eigenvalue weighted by Gasteiger charge is 2.33. The van der Waals surface area contributed by atoms with Crippen LogP contribution in [0.5, 0.6) is 0 Å². The fourth-order valence-corrected chi connectivity index (χ4v) is 4.54. The number of aromatic nitrogens is 2. The highest BCUT2D eigenvalue weighted by atomic mass is 32.2. The van der Waals surface area contributed by atoms with Crippen molar-refractivity contribution in [3.8, 4) is 0 Å². The fourth-order valence-electron chi connectivity index (χ4n) is 3.07. The van der Waals surface area contributed by atoms with Gasteiger partial charge in [-0.2, -0.15) is 17.5 Å². The number of hydrogen-bond donors (Lipinski definition) is 1. The largest absolute Gasteiger partial charge is 0.481 e. The van der Waals surface area contributed by atoms with Crippen molar-refractivity contribution < 1.29 is 31.5 Å². The van der Waals surface area contributed by atoms with E-state index in [9.17, 15) is 26.4 Å². The Morgan fingerprint density at radius 3 is 2.27 bits per heavy atom. The molecular formula is C18H19F3N4O4S. The third-order valence-electron chi connectivity index (χ3n) is 4.79. The summed E-state index contributed by atoms with van der Waals surface area (Å²) in [5.41, 5.74) is 0.144. The molecule has 0 radical (unpaired) electrons. The van der Waals surface area contributed by atoms with Crippen LogP contribution in [-0.4, -0.2) is 59.9 Å². The molecule has 1 aliphatic rings. The second-order valence-corrected chi connectivity index (χ2v) is 8.76. The topological polar surface area (TPSA) is 104 Å². The van der Waals surface area contributed by atoms with Crippen molar-refractivity contribution in [1.82, 2.24) is 14.3 Å². The van der Waals surface area contributed by atoms with Crippen LogP contribution in [0, 0.1) is 6.92 Å². The summed E-state index contributed by atoms with van der Waals surface area (Å²) in [5, 5.41) is 8.99. The first-order valence-electron chi connectivity index (χ1n) is 8.94. The molecule has 0 aliphatic carbocycles. The van der Waals surface area contributed by atoms with Crippen LogP contribution in [-0.2, 0) is 27.4 Å². The summed E-state index contributed by atoms with van der Waals surface area (Å²) in [4.78, 5) is 20.1. The molecule has 0 saturated carbocycles. The number of halogens is 3. The monoisotopic (exact) mass is 444 g/mol. The van der Waals surface area contributed by atoms with E-state index < -0.39 is 27.7 Å². The van der Waals surface area contributed by atoms with Crippen LogP contribution < -0.4 is 4.90 Å². The van der Waals surface area contributed by atoms with Gasteiger partial charge in [-0.3, -0.25) is 4.79 Å². The molecule has 162 valence electrons. The van der Waals surface area contributed by atoms with E-state index in [1.807, 2.05) is 0 Å². The summed E-state index contributed by atoms with van der Waals surface area (Å²) in [5.74, 6) is -0.961. The van der Waals surface area contributed by atoms with E-state index >= 15 is 0 Å². The number of aliphatic carboxylic acids is 1. The average molecular weight is 444 g/mol. The van der Waals surface area contributed by atoms with Gasteiger partial charge in [0.1, 0.15) is 0 Å². The number of carboxylic acids is 1. The van der Waals surface area contributed by atoms with Crippen molar-refractivity contribution in [2.45, 2.75) is 24.4 Å². The Hall–Kier alpha value is -2.73.